The van der Waals surface area contributed by atoms with E-state index in [0.29, 0.717) is 18.0 Å². The second kappa shape index (κ2) is 10.2. The van der Waals surface area contributed by atoms with Gasteiger partial charge in [-0.2, -0.15) is 0 Å². The van der Waals surface area contributed by atoms with Crippen molar-refractivity contribution in [3.05, 3.63) is 82.7 Å². The molecule has 216 valence electrons. The summed E-state index contributed by atoms with van der Waals surface area (Å²) in [6, 6.07) is 15.1. The van der Waals surface area contributed by atoms with Gasteiger partial charge < -0.3 is 34.1 Å². The van der Waals surface area contributed by atoms with E-state index < -0.39 is 11.8 Å². The molecule has 0 unspecified atom stereocenters. The number of hydrogen-bond donors (Lipinski definition) is 2. The number of phenolic OH excluding ortho intramolecular Hbond substituents is 1. The predicted octanol–water partition coefficient (Wildman–Crippen LogP) is 4.17. The van der Waals surface area contributed by atoms with Gasteiger partial charge in [0, 0.05) is 17.5 Å². The Hall–Kier alpha value is -4.93. The molecule has 7 rings (SSSR count). The maximum atomic E-state index is 13.4. The van der Waals surface area contributed by atoms with Crippen LogP contribution in [0.25, 0.3) is 0 Å². The number of nitrogens with one attached hydrogen (secondary N) is 1. The van der Waals surface area contributed by atoms with Crippen molar-refractivity contribution in [2.24, 2.45) is 11.8 Å². The van der Waals surface area contributed by atoms with Crippen molar-refractivity contribution >= 4 is 11.7 Å². The number of carbonyl (C=O) groups excluding carboxylic acids is 1. The number of nitrogens with zero attached hydrogens (tertiary/aromatic N) is 3. The number of hydrogen-bond acceptors (Lipinski definition) is 10. The first-order chi connectivity index (χ1) is 20.5. The van der Waals surface area contributed by atoms with Gasteiger partial charge in [0.05, 0.1) is 45.5 Å². The highest BCUT2D eigenvalue weighted by Gasteiger charge is 2.53. The molecule has 11 nitrogen and oxygen atoms in total. The summed E-state index contributed by atoms with van der Waals surface area (Å²) in [5.74, 6) is 0.0940. The smallest absolute Gasteiger partial charge is 0.310 e. The van der Waals surface area contributed by atoms with E-state index in [1.54, 1.807) is 12.1 Å². The lowest BCUT2D eigenvalue weighted by Gasteiger charge is -2.39. The van der Waals surface area contributed by atoms with E-state index >= 15 is 0 Å². The summed E-state index contributed by atoms with van der Waals surface area (Å²) < 4.78 is 30.0. The highest BCUT2D eigenvalue weighted by atomic mass is 16.7. The molecule has 1 aromatic heterocycles. The number of aryl methyl sites for hydroxylation is 1. The Morgan fingerprint density at radius 1 is 1.02 bits per heavy atom. The van der Waals surface area contributed by atoms with Gasteiger partial charge in [-0.1, -0.05) is 23.4 Å². The fourth-order valence-electron chi connectivity index (χ4n) is 6.45. The Labute approximate surface area is 241 Å². The van der Waals surface area contributed by atoms with Crippen LogP contribution in [-0.4, -0.2) is 53.7 Å². The first-order valence-electron chi connectivity index (χ1n) is 13.7. The molecule has 4 atom stereocenters. The van der Waals surface area contributed by atoms with Crippen LogP contribution >= 0.6 is 0 Å². The molecule has 1 fully saturated rings. The van der Waals surface area contributed by atoms with Crippen LogP contribution in [0.15, 0.2) is 54.7 Å². The normalized spacial score (nSPS) is 21.8. The number of ether oxygens (including phenoxy) is 5. The van der Waals surface area contributed by atoms with Crippen LogP contribution < -0.4 is 24.3 Å². The second-order valence-electron chi connectivity index (χ2n) is 10.7. The minimum Gasteiger partial charge on any atom is -0.502 e. The maximum absolute atomic E-state index is 13.4. The third-order valence-corrected chi connectivity index (χ3v) is 8.46. The van der Waals surface area contributed by atoms with Crippen LogP contribution in [0, 0.1) is 18.8 Å². The molecule has 0 saturated carbocycles. The summed E-state index contributed by atoms with van der Waals surface area (Å²) >= 11 is 0. The fraction of sp³-hybridized carbons (Fsp3) is 0.323. The Morgan fingerprint density at radius 2 is 1.74 bits per heavy atom. The number of benzene rings is 3. The maximum Gasteiger partial charge on any atom is 0.310 e. The van der Waals surface area contributed by atoms with Gasteiger partial charge in [-0.3, -0.25) is 4.79 Å². The molecule has 0 radical (unpaired) electrons. The zero-order valence-electron chi connectivity index (χ0n) is 23.4. The van der Waals surface area contributed by atoms with Crippen LogP contribution in [0.1, 0.15) is 39.9 Å². The van der Waals surface area contributed by atoms with Gasteiger partial charge in [0.2, 0.25) is 12.5 Å². The molecule has 11 heteroatoms. The molecule has 3 aromatic carbocycles. The summed E-state index contributed by atoms with van der Waals surface area (Å²) in [7, 11) is 2.95. The second-order valence-corrected chi connectivity index (χ2v) is 10.7. The van der Waals surface area contributed by atoms with Crippen LogP contribution in [0.4, 0.5) is 5.69 Å². The molecule has 0 spiro atoms. The summed E-state index contributed by atoms with van der Waals surface area (Å²) in [5, 5.41) is 23.0. The van der Waals surface area contributed by atoms with E-state index in [-0.39, 0.29) is 48.6 Å². The van der Waals surface area contributed by atoms with Gasteiger partial charge in [0.15, 0.2) is 23.0 Å². The van der Waals surface area contributed by atoms with E-state index in [1.807, 2.05) is 41.2 Å². The minimum absolute atomic E-state index is 0.108. The van der Waals surface area contributed by atoms with Crippen molar-refractivity contribution in [1.29, 1.82) is 0 Å². The largest absolute Gasteiger partial charge is 0.502 e. The summed E-state index contributed by atoms with van der Waals surface area (Å²) in [5.41, 5.74) is 5.47. The Morgan fingerprint density at radius 3 is 2.45 bits per heavy atom. The molecule has 2 N–H and O–H groups in total. The van der Waals surface area contributed by atoms with Crippen LogP contribution in [0.5, 0.6) is 28.7 Å². The Bertz CT molecular complexity index is 1660. The zero-order chi connectivity index (χ0) is 29.0. The van der Waals surface area contributed by atoms with E-state index in [9.17, 15) is 9.90 Å². The lowest BCUT2D eigenvalue weighted by Crippen LogP contribution is -2.37. The molecule has 4 aromatic rings. The van der Waals surface area contributed by atoms with Crippen molar-refractivity contribution in [2.45, 2.75) is 25.4 Å². The molecule has 2 aliphatic heterocycles. The lowest BCUT2D eigenvalue weighted by atomic mass is 9.65. The summed E-state index contributed by atoms with van der Waals surface area (Å²) in [6.07, 6.45) is 1.91. The number of rotatable bonds is 7. The number of phenols is 1. The van der Waals surface area contributed by atoms with Crippen molar-refractivity contribution in [3.63, 3.8) is 0 Å². The standard InChI is InChI=1S/C31H30N4O7/c1-16-6-4-5-7-22(16)32-12-18-13-35(34-33-18)29-20-11-24-23(41-15-42-24)10-19(20)27(28-21(29)14-40-31(28)37)17-8-25(38-2)30(36)26(9-17)39-3/h4-11,13,21,27-29,32,36H,12,14-15H2,1-3H3/t21-,27+,28-,29+/m0/s1. The van der Waals surface area contributed by atoms with Crippen LogP contribution in [-0.2, 0) is 16.1 Å². The number of methoxy groups -OCH3 is 2. The highest BCUT2D eigenvalue weighted by Crippen LogP contribution is 2.56. The number of anilines is 1. The van der Waals surface area contributed by atoms with E-state index in [4.69, 9.17) is 23.7 Å². The number of cyclic esters (lactones) is 1. The topological polar surface area (TPSA) is 126 Å². The first-order valence-corrected chi connectivity index (χ1v) is 13.7. The third-order valence-electron chi connectivity index (χ3n) is 8.46. The summed E-state index contributed by atoms with van der Waals surface area (Å²) in [4.78, 5) is 13.4. The fourth-order valence-corrected chi connectivity index (χ4v) is 6.45. The average Bonchev–Trinajstić information content (AvgIpc) is 3.75. The molecule has 1 saturated heterocycles. The number of para-hydroxylation sites is 1. The molecule has 1 aliphatic carbocycles. The Balaban J connectivity index is 1.33. The number of aromatic nitrogens is 3. The van der Waals surface area contributed by atoms with Crippen LogP contribution in [0.3, 0.4) is 0 Å². The predicted molar refractivity (Wildman–Crippen MR) is 150 cm³/mol. The number of fused-ring (bicyclic) bond motifs is 3. The van der Waals surface area contributed by atoms with E-state index in [1.165, 1.54) is 14.2 Å². The monoisotopic (exact) mass is 570 g/mol. The number of esters is 1. The van der Waals surface area contributed by atoms with Gasteiger partial charge in [0.25, 0.3) is 0 Å². The van der Waals surface area contributed by atoms with Gasteiger partial charge >= 0.3 is 5.97 Å². The van der Waals surface area contributed by atoms with E-state index in [2.05, 4.69) is 28.6 Å². The van der Waals surface area contributed by atoms with Crippen molar-refractivity contribution in [3.8, 4) is 28.7 Å². The molecule has 3 aliphatic rings. The van der Waals surface area contributed by atoms with Crippen molar-refractivity contribution in [1.82, 2.24) is 15.0 Å². The van der Waals surface area contributed by atoms with Crippen LogP contribution in [0.2, 0.25) is 0 Å². The molecule has 0 bridgehead atoms. The molecule has 42 heavy (non-hydrogen) atoms. The molecular formula is C31H30N4O7. The number of aromatic hydroxyl groups is 1. The van der Waals surface area contributed by atoms with Crippen molar-refractivity contribution < 1.29 is 33.6 Å². The minimum atomic E-state index is -0.542. The third kappa shape index (κ3) is 4.15. The molecule has 3 heterocycles. The quantitative estimate of drug-likeness (QED) is 0.313. The summed E-state index contributed by atoms with van der Waals surface area (Å²) in [6.45, 7) is 2.88. The Kier molecular flexibility index (Phi) is 6.29. The first kappa shape index (κ1) is 26.0. The van der Waals surface area contributed by atoms with Gasteiger partial charge in [0.1, 0.15) is 5.69 Å². The average molecular weight is 571 g/mol. The highest BCUT2D eigenvalue weighted by molar-refractivity contribution is 5.79. The SMILES string of the molecule is COc1cc([C@@H]2c3cc4c(cc3[C@@H](n3cc(CNc5ccccc5C)nn3)[C@H]3COC(=O)[C@H]23)OCO4)cc(OC)c1O. The van der Waals surface area contributed by atoms with Gasteiger partial charge in [-0.15, -0.1) is 5.10 Å². The van der Waals surface area contributed by atoms with Gasteiger partial charge in [-0.05, 0) is 59.5 Å². The van der Waals surface area contributed by atoms with E-state index in [0.717, 1.165) is 33.6 Å². The van der Waals surface area contributed by atoms with Crippen molar-refractivity contribution in [2.75, 3.05) is 32.9 Å². The molecular weight excluding hydrogens is 540 g/mol. The zero-order valence-corrected chi connectivity index (χ0v) is 23.4. The number of carbonyl (C=O) groups is 1. The molecule has 0 amide bonds. The lowest BCUT2D eigenvalue weighted by molar-refractivity contribution is -0.141. The van der Waals surface area contributed by atoms with Gasteiger partial charge in [-0.25, -0.2) is 4.68 Å².